The lowest BCUT2D eigenvalue weighted by Gasteiger charge is -2.14. The lowest BCUT2D eigenvalue weighted by atomic mass is 9.93. The van der Waals surface area contributed by atoms with Crippen LogP contribution in [0.15, 0.2) is 0 Å². The van der Waals surface area contributed by atoms with Crippen LogP contribution >= 0.6 is 0 Å². The van der Waals surface area contributed by atoms with Gasteiger partial charge in [0.2, 0.25) is 0 Å². The van der Waals surface area contributed by atoms with Crippen LogP contribution in [0.2, 0.25) is 0 Å². The Kier molecular flexibility index (Phi) is 8.03. The molecule has 0 atom stereocenters. The highest BCUT2D eigenvalue weighted by atomic mass is 16.3. The Hall–Kier alpha value is -0.370. The summed E-state index contributed by atoms with van der Waals surface area (Å²) in [6, 6.07) is 0. The van der Waals surface area contributed by atoms with Crippen LogP contribution in [0.3, 0.4) is 0 Å². The number of aliphatic hydroxyl groups is 1. The Morgan fingerprint density at radius 1 is 1.14 bits per heavy atom. The van der Waals surface area contributed by atoms with Crippen molar-refractivity contribution >= 4 is 6.29 Å². The smallest absolute Gasteiger partial charge is 0.396 e. The second-order valence-electron chi connectivity index (χ2n) is 5.97. The van der Waals surface area contributed by atoms with Crippen molar-refractivity contribution in [1.82, 2.24) is 0 Å². The van der Waals surface area contributed by atoms with Crippen molar-refractivity contribution in [3.05, 3.63) is 0 Å². The minimum absolute atomic E-state index is 0. The van der Waals surface area contributed by atoms with E-state index in [4.69, 9.17) is 5.11 Å². The Morgan fingerprint density at radius 2 is 1.57 bits per heavy atom. The molecule has 2 heteroatoms. The molecule has 88 valence electrons. The maximum atomic E-state index is 9.82. The average Bonchev–Trinajstić information content (AvgIpc) is 1.81. The number of carbonyl (C=O) groups excluding carboxylic acids is 1. The first-order valence-corrected chi connectivity index (χ1v) is 5.17. The third-order valence-electron chi connectivity index (χ3n) is 1.56. The van der Waals surface area contributed by atoms with E-state index in [-0.39, 0.29) is 8.27 Å². The first kappa shape index (κ1) is 16.1. The van der Waals surface area contributed by atoms with E-state index in [1.807, 2.05) is 20.8 Å². The van der Waals surface area contributed by atoms with Gasteiger partial charge >= 0.3 is 1.43 Å². The standard InChI is InChI=1S/C6H14O.C6H12O.H2/c2*1-6(2,3)4-5-7;/h7H,4-5H2,1-3H3;5H,4H2,1-3H3;1H/p+1. The summed E-state index contributed by atoms with van der Waals surface area (Å²) in [6.45, 7) is 12.8. The molecule has 0 amide bonds. The summed E-state index contributed by atoms with van der Waals surface area (Å²) < 4.78 is 0. The monoisotopic (exact) mass is 205 g/mol. The van der Waals surface area contributed by atoms with Gasteiger partial charge in [0.15, 0.2) is 0 Å². The summed E-state index contributed by atoms with van der Waals surface area (Å²) in [6.07, 6.45) is 2.51. The predicted molar refractivity (Wildman–Crippen MR) is 64.5 cm³/mol. The van der Waals surface area contributed by atoms with E-state index in [1.54, 1.807) is 0 Å². The molecule has 0 aliphatic heterocycles. The Bertz CT molecular complexity index is 146. The molecule has 0 radical (unpaired) electrons. The van der Waals surface area contributed by atoms with Crippen LogP contribution < -0.4 is 0 Å². The molecule has 14 heavy (non-hydrogen) atoms. The van der Waals surface area contributed by atoms with Gasteiger partial charge in [-0.3, -0.25) is 0 Å². The van der Waals surface area contributed by atoms with Gasteiger partial charge in [-0.25, -0.2) is 0 Å². The molecule has 0 bridgehead atoms. The molecule has 0 aliphatic carbocycles. The summed E-state index contributed by atoms with van der Waals surface area (Å²) in [5.41, 5.74) is 0.483. The molecule has 0 heterocycles. The lowest BCUT2D eigenvalue weighted by molar-refractivity contribution is -0.109. The van der Waals surface area contributed by atoms with Crippen molar-refractivity contribution in [2.75, 3.05) is 6.61 Å². The molecule has 0 aromatic carbocycles. The van der Waals surface area contributed by atoms with Crippen molar-refractivity contribution in [2.24, 2.45) is 10.8 Å². The largest absolute Gasteiger partial charge is 1.00 e. The highest BCUT2D eigenvalue weighted by molar-refractivity contribution is 5.50. The van der Waals surface area contributed by atoms with Gasteiger partial charge in [-0.2, -0.15) is 0 Å². The van der Waals surface area contributed by atoms with E-state index >= 15 is 0 Å². The van der Waals surface area contributed by atoms with Gasteiger partial charge < -0.3 is 9.90 Å². The molecule has 0 fully saturated rings. The second-order valence-corrected chi connectivity index (χ2v) is 5.97. The van der Waals surface area contributed by atoms with Crippen LogP contribution in [-0.4, -0.2) is 18.0 Å². The van der Waals surface area contributed by atoms with Gasteiger partial charge in [0.25, 0.3) is 0 Å². The van der Waals surface area contributed by atoms with Gasteiger partial charge in [-0.1, -0.05) is 41.5 Å². The Labute approximate surface area is 91.7 Å². The van der Waals surface area contributed by atoms with Crippen molar-refractivity contribution in [3.8, 4) is 0 Å². The second kappa shape index (κ2) is 6.99. The number of carbonyl (C=O) groups is 1. The van der Waals surface area contributed by atoms with Crippen LogP contribution in [-0.2, 0) is 4.79 Å². The topological polar surface area (TPSA) is 37.3 Å². The molecule has 0 aliphatic rings. The van der Waals surface area contributed by atoms with Crippen molar-refractivity contribution in [1.29, 1.82) is 0 Å². The number of rotatable bonds is 2. The van der Waals surface area contributed by atoms with Gasteiger partial charge in [0.1, 0.15) is 6.29 Å². The van der Waals surface area contributed by atoms with Crippen molar-refractivity contribution in [3.63, 3.8) is 0 Å². The molecule has 0 aromatic rings. The maximum Gasteiger partial charge on any atom is 1.00 e. The number of aliphatic hydroxyl groups excluding tert-OH is 1. The van der Waals surface area contributed by atoms with E-state index in [2.05, 4.69) is 20.8 Å². The third-order valence-corrected chi connectivity index (χ3v) is 1.56. The first-order valence-electron chi connectivity index (χ1n) is 5.17. The summed E-state index contributed by atoms with van der Waals surface area (Å²) in [7, 11) is 0. The van der Waals surface area contributed by atoms with Crippen molar-refractivity contribution in [2.45, 2.75) is 54.4 Å². The maximum absolute atomic E-state index is 9.82. The fourth-order valence-electron chi connectivity index (χ4n) is 0.585. The molecule has 2 nitrogen and oxygen atoms in total. The fourth-order valence-corrected chi connectivity index (χ4v) is 0.585. The molecule has 0 saturated carbocycles. The van der Waals surface area contributed by atoms with E-state index < -0.39 is 0 Å². The summed E-state index contributed by atoms with van der Waals surface area (Å²) >= 11 is 0. The van der Waals surface area contributed by atoms with Crippen LogP contribution in [0.25, 0.3) is 0 Å². The zero-order valence-electron chi connectivity index (χ0n) is 11.6. The quantitative estimate of drug-likeness (QED) is 0.702. The van der Waals surface area contributed by atoms with Crippen LogP contribution in [0.1, 0.15) is 57.2 Å². The van der Waals surface area contributed by atoms with E-state index in [0.717, 1.165) is 12.7 Å². The van der Waals surface area contributed by atoms with Gasteiger partial charge in [-0.15, -0.1) is 0 Å². The van der Waals surface area contributed by atoms with Crippen molar-refractivity contribution < 1.29 is 12.8 Å². The molecule has 0 aromatic heterocycles. The minimum atomic E-state index is 0. The molecular weight excluding hydrogens is 176 g/mol. The highest BCUT2D eigenvalue weighted by Gasteiger charge is 2.07. The number of hydrogen-bond acceptors (Lipinski definition) is 2. The van der Waals surface area contributed by atoms with E-state index in [9.17, 15) is 4.79 Å². The molecule has 1 N–H and O–H groups in total. The van der Waals surface area contributed by atoms with Gasteiger partial charge in [0, 0.05) is 14.5 Å². The molecule has 0 unspecified atom stereocenters. The number of aldehydes is 1. The van der Waals surface area contributed by atoms with Crippen LogP contribution in [0.4, 0.5) is 0 Å². The highest BCUT2D eigenvalue weighted by Crippen LogP contribution is 2.16. The molecule has 0 spiro atoms. The zero-order valence-corrected chi connectivity index (χ0v) is 10.6. The normalized spacial score (nSPS) is 11.6. The fraction of sp³-hybridized carbons (Fsp3) is 0.917. The Balaban J connectivity index is -0.0000000800. The summed E-state index contributed by atoms with van der Waals surface area (Å²) in [4.78, 5) is 9.82. The number of hydrogen-bond donors (Lipinski definition) is 1. The third kappa shape index (κ3) is 22.6. The SMILES string of the molecule is CC(C)(C)CC=O.CC(C)(C)CCO.[H+].[HH]. The average molecular weight is 205 g/mol. The molecule has 0 saturated heterocycles. The lowest BCUT2D eigenvalue weighted by Crippen LogP contribution is -2.06. The van der Waals surface area contributed by atoms with E-state index in [0.29, 0.717) is 18.4 Å². The molecule has 0 rings (SSSR count). The summed E-state index contributed by atoms with van der Waals surface area (Å²) in [5, 5.41) is 8.40. The van der Waals surface area contributed by atoms with Gasteiger partial charge in [-0.05, 0) is 17.3 Å². The predicted octanol–water partition coefficient (Wildman–Crippen LogP) is 3.39. The first-order chi connectivity index (χ1) is 6.12. The minimum Gasteiger partial charge on any atom is -0.396 e. The summed E-state index contributed by atoms with van der Waals surface area (Å²) in [5.74, 6) is 0. The van der Waals surface area contributed by atoms with Crippen LogP contribution in [0, 0.1) is 10.8 Å². The molecular formula is C12H29O2+. The van der Waals surface area contributed by atoms with Gasteiger partial charge in [0.05, 0.1) is 0 Å². The van der Waals surface area contributed by atoms with Crippen LogP contribution in [0.5, 0.6) is 0 Å². The zero-order chi connectivity index (χ0) is 11.8. The Morgan fingerprint density at radius 3 is 1.57 bits per heavy atom. The van der Waals surface area contributed by atoms with E-state index in [1.165, 1.54) is 0 Å².